The van der Waals surface area contributed by atoms with E-state index in [0.717, 1.165) is 0 Å². The quantitative estimate of drug-likeness (QED) is 0.866. The van der Waals surface area contributed by atoms with Gasteiger partial charge in [-0.2, -0.15) is 0 Å². The van der Waals surface area contributed by atoms with Crippen LogP contribution in [-0.2, 0) is 11.2 Å². The number of hydrogen-bond donors (Lipinski definition) is 2. The summed E-state index contributed by atoms with van der Waals surface area (Å²) < 4.78 is 0. The van der Waals surface area contributed by atoms with Crippen LogP contribution in [0.4, 0.5) is 5.13 Å². The first-order valence-electron chi connectivity index (χ1n) is 5.32. The average molecular weight is 264 g/mol. The third-order valence-electron chi connectivity index (χ3n) is 2.36. The first-order chi connectivity index (χ1) is 8.56. The molecule has 0 aliphatic rings. The molecule has 0 saturated heterocycles. The number of thiazole rings is 1. The zero-order valence-corrected chi connectivity index (χ0v) is 10.8. The highest BCUT2D eigenvalue weighted by Crippen LogP contribution is 2.10. The van der Waals surface area contributed by atoms with Crippen molar-refractivity contribution in [2.75, 3.05) is 5.32 Å². The molecule has 0 aromatic carbocycles. The number of nitrogens with one attached hydrogen (secondary N) is 2. The van der Waals surface area contributed by atoms with Gasteiger partial charge in [-0.3, -0.25) is 9.59 Å². The summed E-state index contributed by atoms with van der Waals surface area (Å²) in [5, 5.41) is 4.91. The lowest BCUT2D eigenvalue weighted by Crippen LogP contribution is -2.23. The van der Waals surface area contributed by atoms with Gasteiger partial charge >= 0.3 is 0 Å². The number of H-pyrrole nitrogens is 1. The van der Waals surface area contributed by atoms with E-state index in [-0.39, 0.29) is 17.9 Å². The molecule has 0 saturated carbocycles. The molecule has 2 heterocycles. The van der Waals surface area contributed by atoms with Gasteiger partial charge in [-0.05, 0) is 13.8 Å². The van der Waals surface area contributed by atoms with E-state index in [2.05, 4.69) is 20.3 Å². The fourth-order valence-electron chi connectivity index (χ4n) is 1.57. The molecule has 0 bridgehead atoms. The van der Waals surface area contributed by atoms with E-state index in [0.29, 0.717) is 22.2 Å². The number of rotatable bonds is 3. The molecule has 2 N–H and O–H groups in total. The zero-order chi connectivity index (χ0) is 13.1. The van der Waals surface area contributed by atoms with Gasteiger partial charge in [-0.25, -0.2) is 9.97 Å². The number of amides is 1. The Morgan fingerprint density at radius 2 is 2.28 bits per heavy atom. The van der Waals surface area contributed by atoms with Gasteiger partial charge in [0.2, 0.25) is 5.91 Å². The van der Waals surface area contributed by atoms with E-state index in [1.165, 1.54) is 11.3 Å². The molecule has 0 unspecified atom stereocenters. The largest absolute Gasteiger partial charge is 0.311 e. The molecule has 0 aliphatic carbocycles. The van der Waals surface area contributed by atoms with Crippen LogP contribution in [0.3, 0.4) is 0 Å². The second-order valence-electron chi connectivity index (χ2n) is 3.78. The van der Waals surface area contributed by atoms with E-state index in [9.17, 15) is 9.59 Å². The Morgan fingerprint density at radius 1 is 1.50 bits per heavy atom. The maximum atomic E-state index is 11.7. The Morgan fingerprint density at radius 3 is 2.89 bits per heavy atom. The minimum atomic E-state index is -0.274. The molecule has 1 amide bonds. The maximum absolute atomic E-state index is 11.7. The predicted molar refractivity (Wildman–Crippen MR) is 68.8 cm³/mol. The van der Waals surface area contributed by atoms with Crippen molar-refractivity contribution in [3.63, 3.8) is 0 Å². The second-order valence-corrected chi connectivity index (χ2v) is 4.67. The summed E-state index contributed by atoms with van der Waals surface area (Å²) in [6, 6.07) is 0. The lowest BCUT2D eigenvalue weighted by atomic mass is 10.1. The Kier molecular flexibility index (Phi) is 3.52. The SMILES string of the molecule is Cc1nc(C)c(CC(=O)Nc2nccs2)c(=O)[nH]1. The van der Waals surface area contributed by atoms with Crippen LogP contribution >= 0.6 is 11.3 Å². The topological polar surface area (TPSA) is 87.7 Å². The van der Waals surface area contributed by atoms with Crippen molar-refractivity contribution in [1.82, 2.24) is 15.0 Å². The minimum Gasteiger partial charge on any atom is -0.311 e. The van der Waals surface area contributed by atoms with E-state index in [4.69, 9.17) is 0 Å². The molecule has 2 aromatic rings. The molecule has 0 fully saturated rings. The Labute approximate surface area is 107 Å². The first-order valence-corrected chi connectivity index (χ1v) is 6.20. The molecule has 0 spiro atoms. The van der Waals surface area contributed by atoms with Gasteiger partial charge in [0, 0.05) is 22.8 Å². The molecule has 0 atom stereocenters. The molecule has 18 heavy (non-hydrogen) atoms. The molecule has 6 nitrogen and oxygen atoms in total. The van der Waals surface area contributed by atoms with Crippen LogP contribution in [-0.4, -0.2) is 20.9 Å². The lowest BCUT2D eigenvalue weighted by molar-refractivity contribution is -0.115. The van der Waals surface area contributed by atoms with Gasteiger partial charge in [-0.15, -0.1) is 11.3 Å². The van der Waals surface area contributed by atoms with Crippen LogP contribution in [0, 0.1) is 13.8 Å². The molecule has 94 valence electrons. The Balaban J connectivity index is 2.15. The van der Waals surface area contributed by atoms with Crippen LogP contribution in [0.25, 0.3) is 0 Å². The third kappa shape index (κ3) is 2.80. The Hall–Kier alpha value is -2.02. The summed E-state index contributed by atoms with van der Waals surface area (Å²) in [4.78, 5) is 34.1. The summed E-state index contributed by atoms with van der Waals surface area (Å²) in [6.07, 6.45) is 1.60. The fourth-order valence-corrected chi connectivity index (χ4v) is 2.11. The van der Waals surface area contributed by atoms with Crippen LogP contribution in [0.1, 0.15) is 17.1 Å². The normalized spacial score (nSPS) is 10.3. The molecule has 2 aromatic heterocycles. The second kappa shape index (κ2) is 5.09. The summed E-state index contributed by atoms with van der Waals surface area (Å²) in [7, 11) is 0. The van der Waals surface area contributed by atoms with E-state index >= 15 is 0 Å². The van der Waals surface area contributed by atoms with Crippen molar-refractivity contribution in [2.24, 2.45) is 0 Å². The zero-order valence-electron chi connectivity index (χ0n) is 9.98. The summed E-state index contributed by atoms with van der Waals surface area (Å²) in [5.41, 5.74) is 0.689. The van der Waals surface area contributed by atoms with E-state index in [1.54, 1.807) is 25.4 Å². The highest BCUT2D eigenvalue weighted by atomic mass is 32.1. The van der Waals surface area contributed by atoms with Crippen molar-refractivity contribution in [3.8, 4) is 0 Å². The number of hydrogen-bond acceptors (Lipinski definition) is 5. The predicted octanol–water partition coefficient (Wildman–Crippen LogP) is 1.02. The third-order valence-corrected chi connectivity index (χ3v) is 3.05. The van der Waals surface area contributed by atoms with Gasteiger partial charge < -0.3 is 10.3 Å². The van der Waals surface area contributed by atoms with Crippen molar-refractivity contribution in [2.45, 2.75) is 20.3 Å². The van der Waals surface area contributed by atoms with E-state index in [1.807, 2.05) is 0 Å². The van der Waals surface area contributed by atoms with Crippen LogP contribution in [0.15, 0.2) is 16.4 Å². The Bertz CT molecular complexity index is 618. The molecule has 0 radical (unpaired) electrons. The van der Waals surface area contributed by atoms with Crippen molar-refractivity contribution >= 4 is 22.4 Å². The average Bonchev–Trinajstić information content (AvgIpc) is 2.76. The lowest BCUT2D eigenvalue weighted by Gasteiger charge is -2.05. The van der Waals surface area contributed by atoms with Gasteiger partial charge in [0.05, 0.1) is 6.42 Å². The van der Waals surface area contributed by atoms with Gasteiger partial charge in [0.15, 0.2) is 5.13 Å². The molecule has 2 rings (SSSR count). The first kappa shape index (κ1) is 12.4. The highest BCUT2D eigenvalue weighted by molar-refractivity contribution is 7.13. The summed E-state index contributed by atoms with van der Waals surface area (Å²) in [5.74, 6) is 0.269. The van der Waals surface area contributed by atoms with Crippen molar-refractivity contribution in [1.29, 1.82) is 0 Å². The maximum Gasteiger partial charge on any atom is 0.254 e. The van der Waals surface area contributed by atoms with Crippen LogP contribution in [0.5, 0.6) is 0 Å². The molecule has 7 heteroatoms. The number of aromatic nitrogens is 3. The van der Waals surface area contributed by atoms with Crippen LogP contribution < -0.4 is 10.9 Å². The monoisotopic (exact) mass is 264 g/mol. The molecular formula is C11H12N4O2S. The number of aryl methyl sites for hydroxylation is 2. The molecule has 0 aliphatic heterocycles. The standard InChI is InChI=1S/C11H12N4O2S/c1-6-8(10(17)14-7(2)13-6)5-9(16)15-11-12-3-4-18-11/h3-4H,5H2,1-2H3,(H,12,15,16)(H,13,14,17). The van der Waals surface area contributed by atoms with Gasteiger partial charge in [-0.1, -0.05) is 0 Å². The van der Waals surface area contributed by atoms with E-state index < -0.39 is 0 Å². The minimum absolute atomic E-state index is 0.00593. The highest BCUT2D eigenvalue weighted by Gasteiger charge is 2.12. The number of nitrogens with zero attached hydrogens (tertiary/aromatic N) is 2. The number of carbonyl (C=O) groups is 1. The fraction of sp³-hybridized carbons (Fsp3) is 0.273. The number of aromatic amines is 1. The van der Waals surface area contributed by atoms with Crippen molar-refractivity contribution < 1.29 is 4.79 Å². The number of anilines is 1. The van der Waals surface area contributed by atoms with Crippen molar-refractivity contribution in [3.05, 3.63) is 39.0 Å². The van der Waals surface area contributed by atoms with Gasteiger partial charge in [0.1, 0.15) is 5.82 Å². The summed E-state index contributed by atoms with van der Waals surface area (Å²) in [6.45, 7) is 3.42. The summed E-state index contributed by atoms with van der Waals surface area (Å²) >= 11 is 1.33. The molecular weight excluding hydrogens is 252 g/mol. The smallest absolute Gasteiger partial charge is 0.254 e. The van der Waals surface area contributed by atoms with Crippen LogP contribution in [0.2, 0.25) is 0 Å². The van der Waals surface area contributed by atoms with Gasteiger partial charge in [0.25, 0.3) is 5.56 Å². The number of carbonyl (C=O) groups excluding carboxylic acids is 1.